The number of rotatable bonds is 0. The molecule has 2 nitrogen and oxygen atoms in total. The third-order valence-corrected chi connectivity index (χ3v) is 0.204. The molecule has 0 unspecified atom stereocenters. The van der Waals surface area contributed by atoms with Gasteiger partial charge in [0.15, 0.2) is 5.71 Å². The smallest absolute Gasteiger partial charge is 0.155 e. The summed E-state index contributed by atoms with van der Waals surface area (Å²) in [5, 5.41) is 11.0. The highest BCUT2D eigenvalue weighted by Gasteiger charge is 1.69. The molecule has 0 spiro atoms. The molecular weight excluding hydrogens is 66.0 g/mol. The lowest BCUT2D eigenvalue weighted by Gasteiger charge is -1.75. The Labute approximate surface area is 31.1 Å². The molecule has 0 aliphatic heterocycles. The van der Waals surface area contributed by atoms with Gasteiger partial charge in [-0.05, 0) is 0 Å². The Morgan fingerprint density at radius 3 is 1.80 bits per heavy atom. The van der Waals surface area contributed by atoms with E-state index in [-0.39, 0.29) is 0 Å². The van der Waals surface area contributed by atoms with Crippen LogP contribution in [0.5, 0.6) is 0 Å². The first kappa shape index (κ1) is 4.47. The van der Waals surface area contributed by atoms with Crippen LogP contribution in [0.15, 0.2) is 0 Å². The quantitative estimate of drug-likeness (QED) is 0.224. The summed E-state index contributed by atoms with van der Waals surface area (Å²) in [5.41, 5.74) is 0.699. The monoisotopic (exact) mass is 73.1 g/mol. The molecule has 0 bridgehead atoms. The van der Waals surface area contributed by atoms with Gasteiger partial charge < -0.3 is 5.21 Å². The van der Waals surface area contributed by atoms with Gasteiger partial charge in [-0.1, -0.05) is 0 Å². The van der Waals surface area contributed by atoms with E-state index in [1.54, 1.807) is 19.0 Å². The molecule has 0 radical (unpaired) electrons. The van der Waals surface area contributed by atoms with Gasteiger partial charge in [0.1, 0.15) is 0 Å². The highest BCUT2D eigenvalue weighted by Crippen LogP contribution is 1.45. The predicted octanol–water partition coefficient (Wildman–Crippen LogP) is -0.954. The minimum Gasteiger partial charge on any atom is -0.625 e. The maximum Gasteiger partial charge on any atom is 0.155 e. The van der Waals surface area contributed by atoms with Crippen LogP contribution in [-0.2, 0) is 0 Å². The van der Waals surface area contributed by atoms with Crippen molar-refractivity contribution < 1.29 is 5.16 Å². The Morgan fingerprint density at radius 1 is 1.60 bits per heavy atom. The van der Waals surface area contributed by atoms with Crippen LogP contribution >= 0.6 is 0 Å². The largest absolute Gasteiger partial charge is 0.625 e. The fourth-order valence-electron chi connectivity index (χ4n) is 0. The van der Waals surface area contributed by atoms with Crippen molar-refractivity contribution in [2.24, 2.45) is 0 Å². The average Bonchev–Trinajstić information content (AvgIpc) is 1.38. The number of nitrogens with one attached hydrogen (secondary N) is 1. The lowest BCUT2D eigenvalue weighted by Crippen LogP contribution is -2.63. The van der Waals surface area contributed by atoms with Crippen LogP contribution in [-0.4, -0.2) is 5.71 Å². The standard InChI is InChI=1S/C3H7NO/c1-3(2)4-5/h4H,1-2H3. The predicted molar refractivity (Wildman–Crippen MR) is 20.7 cm³/mol. The van der Waals surface area contributed by atoms with Gasteiger partial charge in [-0.3, -0.25) is 0 Å². The molecule has 0 rings (SSSR count). The van der Waals surface area contributed by atoms with Gasteiger partial charge in [0.2, 0.25) is 0 Å². The SMILES string of the molecule is CC(C)=[NH+][O-]. The van der Waals surface area contributed by atoms with Crippen molar-refractivity contribution in [1.82, 2.24) is 0 Å². The van der Waals surface area contributed by atoms with Crippen LogP contribution in [0.1, 0.15) is 13.8 Å². The summed E-state index contributed by atoms with van der Waals surface area (Å²) in [5.74, 6) is 0. The van der Waals surface area contributed by atoms with Crippen LogP contribution < -0.4 is 5.16 Å². The summed E-state index contributed by atoms with van der Waals surface area (Å²) in [6.45, 7) is 3.43. The molecule has 0 fully saturated rings. The van der Waals surface area contributed by atoms with Crippen molar-refractivity contribution in [3.8, 4) is 0 Å². The molecule has 0 saturated carbocycles. The van der Waals surface area contributed by atoms with Crippen LogP contribution in [0.3, 0.4) is 0 Å². The molecule has 0 amide bonds. The van der Waals surface area contributed by atoms with Crippen LogP contribution in [0.4, 0.5) is 0 Å². The van der Waals surface area contributed by atoms with Gasteiger partial charge in [-0.15, -0.1) is 0 Å². The van der Waals surface area contributed by atoms with Crippen LogP contribution in [0.25, 0.3) is 0 Å². The van der Waals surface area contributed by atoms with E-state index in [1.165, 1.54) is 0 Å². The Hall–Kier alpha value is -0.530. The van der Waals surface area contributed by atoms with Crippen LogP contribution in [0.2, 0.25) is 0 Å². The Balaban J connectivity index is 3.14. The Morgan fingerprint density at radius 2 is 1.80 bits per heavy atom. The summed E-state index contributed by atoms with van der Waals surface area (Å²) in [6.07, 6.45) is 0. The molecule has 0 aromatic heterocycles. The van der Waals surface area contributed by atoms with E-state index in [2.05, 4.69) is 0 Å². The van der Waals surface area contributed by atoms with E-state index < -0.39 is 0 Å². The first-order chi connectivity index (χ1) is 2.27. The molecule has 0 aromatic rings. The van der Waals surface area contributed by atoms with Crippen molar-refractivity contribution in [3.05, 3.63) is 5.21 Å². The summed E-state index contributed by atoms with van der Waals surface area (Å²) in [7, 11) is 0. The molecule has 0 aromatic carbocycles. The lowest BCUT2D eigenvalue weighted by atomic mass is 10.5. The second-order valence-electron chi connectivity index (χ2n) is 1.10. The van der Waals surface area contributed by atoms with E-state index in [9.17, 15) is 5.21 Å². The first-order valence-corrected chi connectivity index (χ1v) is 1.45. The summed E-state index contributed by atoms with van der Waals surface area (Å²) in [4.78, 5) is 0. The molecule has 2 heteroatoms. The van der Waals surface area contributed by atoms with Crippen molar-refractivity contribution >= 4 is 5.71 Å². The van der Waals surface area contributed by atoms with Crippen LogP contribution in [0, 0.1) is 5.21 Å². The fraction of sp³-hybridized carbons (Fsp3) is 0.667. The van der Waals surface area contributed by atoms with E-state index in [0.717, 1.165) is 0 Å². The first-order valence-electron chi connectivity index (χ1n) is 1.45. The lowest BCUT2D eigenvalue weighted by molar-refractivity contribution is -0.374. The normalized spacial score (nSPS) is 6.80. The maximum atomic E-state index is 9.34. The highest BCUT2D eigenvalue weighted by molar-refractivity contribution is 5.72. The fourth-order valence-corrected chi connectivity index (χ4v) is 0. The van der Waals surface area contributed by atoms with E-state index in [4.69, 9.17) is 0 Å². The zero-order valence-corrected chi connectivity index (χ0v) is 3.41. The maximum absolute atomic E-state index is 9.34. The summed E-state index contributed by atoms with van der Waals surface area (Å²) < 4.78 is 0. The number of hydrogen-bond acceptors (Lipinski definition) is 1. The average molecular weight is 73.1 g/mol. The second kappa shape index (κ2) is 1.76. The molecule has 0 aliphatic rings. The topological polar surface area (TPSA) is 37.0 Å². The van der Waals surface area contributed by atoms with Gasteiger partial charge in [0, 0.05) is 13.8 Å². The molecule has 1 N–H and O–H groups in total. The second-order valence-corrected chi connectivity index (χ2v) is 1.10. The van der Waals surface area contributed by atoms with Gasteiger partial charge in [-0.25, -0.2) is 5.16 Å². The zero-order chi connectivity index (χ0) is 4.28. The van der Waals surface area contributed by atoms with Crippen molar-refractivity contribution in [3.63, 3.8) is 0 Å². The molecular formula is C3H7NO. The Bertz CT molecular complexity index is 44.9. The van der Waals surface area contributed by atoms with Gasteiger partial charge in [0.05, 0.1) is 0 Å². The van der Waals surface area contributed by atoms with Crippen molar-refractivity contribution in [2.75, 3.05) is 0 Å². The zero-order valence-electron chi connectivity index (χ0n) is 3.41. The summed E-state index contributed by atoms with van der Waals surface area (Å²) in [6, 6.07) is 0. The third kappa shape index (κ3) is 3.47. The Kier molecular flexibility index (Phi) is 1.57. The van der Waals surface area contributed by atoms with Crippen molar-refractivity contribution in [1.29, 1.82) is 0 Å². The third-order valence-electron chi connectivity index (χ3n) is 0.204. The number of hydrogen-bond donors (Lipinski definition) is 1. The van der Waals surface area contributed by atoms with Gasteiger partial charge in [0.25, 0.3) is 0 Å². The molecule has 0 heterocycles. The molecule has 0 atom stereocenters. The molecule has 0 saturated heterocycles. The molecule has 0 aliphatic carbocycles. The molecule has 5 heavy (non-hydrogen) atoms. The summed E-state index contributed by atoms with van der Waals surface area (Å²) >= 11 is 0. The molecule has 30 valence electrons. The van der Waals surface area contributed by atoms with Crippen molar-refractivity contribution in [2.45, 2.75) is 13.8 Å². The highest BCUT2D eigenvalue weighted by atomic mass is 16.4. The van der Waals surface area contributed by atoms with E-state index in [1.807, 2.05) is 0 Å². The van der Waals surface area contributed by atoms with Gasteiger partial charge >= 0.3 is 0 Å². The minimum atomic E-state index is 0.699. The van der Waals surface area contributed by atoms with Gasteiger partial charge in [-0.2, -0.15) is 0 Å². The van der Waals surface area contributed by atoms with E-state index >= 15 is 0 Å². The van der Waals surface area contributed by atoms with E-state index in [0.29, 0.717) is 5.71 Å². The minimum absolute atomic E-state index is 0.699.